The molecule has 1 heterocycles. The number of nitrogens with two attached hydrogens (primary N) is 1. The van der Waals surface area contributed by atoms with Gasteiger partial charge in [-0.05, 0) is 23.8 Å². The van der Waals surface area contributed by atoms with E-state index in [0.717, 1.165) is 11.1 Å². The number of fused-ring (bicyclic) bond motifs is 1. The van der Waals surface area contributed by atoms with Gasteiger partial charge >= 0.3 is 0 Å². The minimum Gasteiger partial charge on any atom is -0.497 e. The molecule has 1 aliphatic heterocycles. The van der Waals surface area contributed by atoms with Crippen molar-refractivity contribution >= 4 is 11.6 Å². The maximum Gasteiger partial charge on any atom is 0.205 e. The number of anilines is 1. The van der Waals surface area contributed by atoms with Crippen molar-refractivity contribution in [3.8, 4) is 17.6 Å². The Kier molecular flexibility index (Phi) is 3.43. The Balaban J connectivity index is 2.18. The van der Waals surface area contributed by atoms with Gasteiger partial charge in [0.05, 0.1) is 13.2 Å². The molecular weight excluding hydrogens is 278 g/mol. The Morgan fingerprint density at radius 1 is 1.27 bits per heavy atom. The van der Waals surface area contributed by atoms with E-state index >= 15 is 0 Å². The number of ether oxygens (including phenoxy) is 2. The van der Waals surface area contributed by atoms with Crippen LogP contribution in [-0.2, 0) is 0 Å². The molecule has 5 heteroatoms. The summed E-state index contributed by atoms with van der Waals surface area (Å²) in [5.74, 6) is 0.224. The number of methoxy groups -OCH3 is 1. The third-order valence-corrected chi connectivity index (χ3v) is 3.80. The highest BCUT2D eigenvalue weighted by Crippen LogP contribution is 2.43. The fourth-order valence-electron chi connectivity index (χ4n) is 2.75. The second kappa shape index (κ2) is 5.41. The first kappa shape index (κ1) is 14.0. The highest BCUT2D eigenvalue weighted by atomic mass is 16.5. The van der Waals surface area contributed by atoms with Gasteiger partial charge in [0, 0.05) is 23.2 Å². The van der Waals surface area contributed by atoms with E-state index in [9.17, 15) is 5.26 Å². The van der Waals surface area contributed by atoms with E-state index in [4.69, 9.17) is 20.6 Å². The molecule has 3 rings (SSSR count). The Hall–Kier alpha value is -3.00. The van der Waals surface area contributed by atoms with Crippen LogP contribution in [0.2, 0.25) is 0 Å². The van der Waals surface area contributed by atoms with Crippen molar-refractivity contribution in [2.45, 2.75) is 5.92 Å². The summed E-state index contributed by atoms with van der Waals surface area (Å²) in [5.41, 5.74) is 8.11. The van der Waals surface area contributed by atoms with Crippen molar-refractivity contribution in [3.05, 3.63) is 53.6 Å². The highest BCUT2D eigenvalue weighted by molar-refractivity contribution is 5.85. The van der Waals surface area contributed by atoms with Crippen molar-refractivity contribution < 1.29 is 9.47 Å². The number of hydrogen-bond donors (Lipinski definition) is 2. The standard InChI is InChI=1S/C17H15N3O2/c1-21-12-4-2-3-10(7-12)16-13-6-5-11(19)8-15(13)22-17(20)14(16)9-18/h2-8,14,16,20H,19H2,1H3. The van der Waals surface area contributed by atoms with Crippen molar-refractivity contribution in [1.82, 2.24) is 0 Å². The van der Waals surface area contributed by atoms with Crippen LogP contribution in [0, 0.1) is 22.7 Å². The van der Waals surface area contributed by atoms with Gasteiger partial charge in [-0.3, -0.25) is 5.41 Å². The van der Waals surface area contributed by atoms with Gasteiger partial charge in [0.1, 0.15) is 17.4 Å². The summed E-state index contributed by atoms with van der Waals surface area (Å²) in [6.07, 6.45) is 0. The molecule has 2 aromatic rings. The fraction of sp³-hybridized carbons (Fsp3) is 0.176. The van der Waals surface area contributed by atoms with Gasteiger partial charge < -0.3 is 15.2 Å². The molecule has 5 nitrogen and oxygen atoms in total. The summed E-state index contributed by atoms with van der Waals surface area (Å²) < 4.78 is 10.7. The first-order chi connectivity index (χ1) is 10.6. The number of rotatable bonds is 2. The molecule has 2 atom stereocenters. The summed E-state index contributed by atoms with van der Waals surface area (Å²) in [6.45, 7) is 0. The van der Waals surface area contributed by atoms with Gasteiger partial charge in [-0.25, -0.2) is 0 Å². The molecule has 0 aliphatic carbocycles. The van der Waals surface area contributed by atoms with Crippen molar-refractivity contribution in [3.63, 3.8) is 0 Å². The van der Waals surface area contributed by atoms with Gasteiger partial charge in [0.15, 0.2) is 0 Å². The van der Waals surface area contributed by atoms with Crippen LogP contribution in [0.1, 0.15) is 17.0 Å². The van der Waals surface area contributed by atoms with Crippen LogP contribution in [-0.4, -0.2) is 13.0 Å². The Morgan fingerprint density at radius 2 is 2.09 bits per heavy atom. The van der Waals surface area contributed by atoms with Crippen molar-refractivity contribution in [1.29, 1.82) is 10.7 Å². The molecule has 0 saturated heterocycles. The monoisotopic (exact) mass is 293 g/mol. The lowest BCUT2D eigenvalue weighted by Gasteiger charge is -2.30. The number of nitrogens with zero attached hydrogens (tertiary/aromatic N) is 1. The molecule has 0 saturated carbocycles. The largest absolute Gasteiger partial charge is 0.497 e. The minimum absolute atomic E-state index is 0.0616. The van der Waals surface area contributed by atoms with E-state index in [2.05, 4.69) is 6.07 Å². The first-order valence-corrected chi connectivity index (χ1v) is 6.83. The van der Waals surface area contributed by atoms with Crippen molar-refractivity contribution in [2.75, 3.05) is 12.8 Å². The van der Waals surface area contributed by atoms with E-state index in [0.29, 0.717) is 17.2 Å². The highest BCUT2D eigenvalue weighted by Gasteiger charge is 2.36. The molecule has 0 fully saturated rings. The zero-order chi connectivity index (χ0) is 15.7. The van der Waals surface area contributed by atoms with Crippen LogP contribution < -0.4 is 15.2 Å². The van der Waals surface area contributed by atoms with Crippen LogP contribution in [0.4, 0.5) is 5.69 Å². The number of benzene rings is 2. The van der Waals surface area contributed by atoms with Crippen LogP contribution in [0.5, 0.6) is 11.5 Å². The topological polar surface area (TPSA) is 92.1 Å². The van der Waals surface area contributed by atoms with Gasteiger partial charge in [0.2, 0.25) is 5.90 Å². The fourth-order valence-corrected chi connectivity index (χ4v) is 2.75. The maximum absolute atomic E-state index is 9.47. The van der Waals surface area contributed by atoms with Gasteiger partial charge in [-0.15, -0.1) is 0 Å². The molecule has 22 heavy (non-hydrogen) atoms. The molecule has 0 amide bonds. The zero-order valence-corrected chi connectivity index (χ0v) is 12.0. The SMILES string of the molecule is COc1cccc(C2c3ccc(N)cc3OC(=N)C2C#N)c1. The van der Waals surface area contributed by atoms with Crippen LogP contribution in [0.15, 0.2) is 42.5 Å². The molecular formula is C17H15N3O2. The minimum atomic E-state index is -0.678. The number of hydrogen-bond acceptors (Lipinski definition) is 5. The molecule has 2 aromatic carbocycles. The molecule has 0 bridgehead atoms. The summed E-state index contributed by atoms with van der Waals surface area (Å²) in [5, 5.41) is 17.5. The summed E-state index contributed by atoms with van der Waals surface area (Å²) in [7, 11) is 1.60. The first-order valence-electron chi connectivity index (χ1n) is 6.83. The lowest BCUT2D eigenvalue weighted by Crippen LogP contribution is -2.31. The van der Waals surface area contributed by atoms with Gasteiger partial charge in [-0.2, -0.15) is 5.26 Å². The molecule has 0 spiro atoms. The quantitative estimate of drug-likeness (QED) is 0.833. The third-order valence-electron chi connectivity index (χ3n) is 3.80. The summed E-state index contributed by atoms with van der Waals surface area (Å²) >= 11 is 0. The second-order valence-corrected chi connectivity index (χ2v) is 5.12. The van der Waals surface area contributed by atoms with Crippen LogP contribution in [0.25, 0.3) is 0 Å². The average Bonchev–Trinajstić information content (AvgIpc) is 2.53. The van der Waals surface area contributed by atoms with Crippen LogP contribution in [0.3, 0.4) is 0 Å². The second-order valence-electron chi connectivity index (χ2n) is 5.12. The predicted octanol–water partition coefficient (Wildman–Crippen LogP) is 2.92. The Bertz CT molecular complexity index is 780. The molecule has 2 unspecified atom stereocenters. The van der Waals surface area contributed by atoms with Gasteiger partial charge in [-0.1, -0.05) is 18.2 Å². The van der Waals surface area contributed by atoms with Gasteiger partial charge in [0.25, 0.3) is 0 Å². The predicted molar refractivity (Wildman–Crippen MR) is 83.1 cm³/mol. The number of nitrogen functional groups attached to an aromatic ring is 1. The lowest BCUT2D eigenvalue weighted by atomic mass is 9.79. The summed E-state index contributed by atoms with van der Waals surface area (Å²) in [4.78, 5) is 0. The molecule has 3 N–H and O–H groups in total. The molecule has 0 aromatic heterocycles. The Labute approximate surface area is 128 Å². The molecule has 110 valence electrons. The molecule has 0 radical (unpaired) electrons. The van der Waals surface area contributed by atoms with E-state index in [1.807, 2.05) is 30.3 Å². The third kappa shape index (κ3) is 2.25. The van der Waals surface area contributed by atoms with E-state index < -0.39 is 5.92 Å². The van der Waals surface area contributed by atoms with E-state index in [1.165, 1.54) is 0 Å². The van der Waals surface area contributed by atoms with E-state index in [-0.39, 0.29) is 11.8 Å². The Morgan fingerprint density at radius 3 is 2.82 bits per heavy atom. The van der Waals surface area contributed by atoms with Crippen molar-refractivity contribution in [2.24, 2.45) is 5.92 Å². The van der Waals surface area contributed by atoms with Crippen LogP contribution >= 0.6 is 0 Å². The maximum atomic E-state index is 9.47. The van der Waals surface area contributed by atoms with E-state index in [1.54, 1.807) is 19.2 Å². The smallest absolute Gasteiger partial charge is 0.205 e. The average molecular weight is 293 g/mol. The lowest BCUT2D eigenvalue weighted by molar-refractivity contribution is 0.412. The number of nitrogens with one attached hydrogen (secondary N) is 1. The molecule has 1 aliphatic rings. The number of nitriles is 1. The summed E-state index contributed by atoms with van der Waals surface area (Å²) in [6, 6.07) is 15.0. The normalized spacial score (nSPS) is 19.7. The zero-order valence-electron chi connectivity index (χ0n) is 12.0.